The molecule has 1 N–H and O–H groups in total. The first-order chi connectivity index (χ1) is 19.2. The second kappa shape index (κ2) is 11.8. The number of halogens is 1. The van der Waals surface area contributed by atoms with Crippen LogP contribution in [0.5, 0.6) is 11.5 Å². The highest BCUT2D eigenvalue weighted by atomic mass is 19.1. The first kappa shape index (κ1) is 25.9. The molecule has 2 aliphatic heterocycles. The monoisotopic (exact) mass is 528 g/mol. The topological polar surface area (TPSA) is 46.7 Å². The minimum Gasteiger partial charge on any atom is -0.493 e. The van der Waals surface area contributed by atoms with Crippen LogP contribution in [0.1, 0.15) is 47.6 Å². The van der Waals surface area contributed by atoms with Crippen LogP contribution in [-0.4, -0.2) is 43.3 Å². The first-order valence-corrected chi connectivity index (χ1v) is 14.1. The smallest absolute Gasteiger partial charge is 0.161 e. The third-order valence-electron chi connectivity index (χ3n) is 8.38. The van der Waals surface area contributed by atoms with Gasteiger partial charge in [0.25, 0.3) is 0 Å². The van der Waals surface area contributed by atoms with Gasteiger partial charge in [0.1, 0.15) is 12.4 Å². The quantitative estimate of drug-likeness (QED) is 0.258. The zero-order valence-electron chi connectivity index (χ0n) is 22.6. The molecule has 204 valence electrons. The van der Waals surface area contributed by atoms with E-state index in [0.717, 1.165) is 91.9 Å². The van der Waals surface area contributed by atoms with E-state index in [1.165, 1.54) is 17.2 Å². The van der Waals surface area contributed by atoms with Crippen molar-refractivity contribution >= 4 is 10.9 Å². The molecule has 1 aromatic heterocycles. The number of benzene rings is 3. The van der Waals surface area contributed by atoms with E-state index in [1.54, 1.807) is 13.2 Å². The molecule has 3 aromatic carbocycles. The Hall–Kier alpha value is -3.35. The molecule has 0 aliphatic carbocycles. The van der Waals surface area contributed by atoms with Crippen molar-refractivity contribution in [3.63, 3.8) is 0 Å². The maximum atomic E-state index is 14.0. The van der Waals surface area contributed by atoms with Crippen LogP contribution in [0.2, 0.25) is 0 Å². The summed E-state index contributed by atoms with van der Waals surface area (Å²) in [5, 5.41) is 0.976. The lowest BCUT2D eigenvalue weighted by Gasteiger charge is -2.40. The minimum atomic E-state index is -0.194. The molecule has 0 amide bonds. The van der Waals surface area contributed by atoms with Gasteiger partial charge < -0.3 is 19.2 Å². The number of nitrogens with zero attached hydrogens (tertiary/aromatic N) is 1. The van der Waals surface area contributed by atoms with Crippen LogP contribution >= 0.6 is 0 Å². The van der Waals surface area contributed by atoms with Crippen molar-refractivity contribution in [3.8, 4) is 11.5 Å². The van der Waals surface area contributed by atoms with E-state index in [4.69, 9.17) is 14.2 Å². The van der Waals surface area contributed by atoms with Crippen molar-refractivity contribution in [2.24, 2.45) is 5.92 Å². The zero-order chi connectivity index (χ0) is 26.6. The molecule has 1 fully saturated rings. The number of hydrogen-bond donors (Lipinski definition) is 1. The van der Waals surface area contributed by atoms with Crippen molar-refractivity contribution in [2.75, 3.05) is 33.4 Å². The Labute approximate surface area is 229 Å². The van der Waals surface area contributed by atoms with Crippen LogP contribution in [-0.2, 0) is 24.2 Å². The molecule has 1 unspecified atom stereocenters. The lowest BCUT2D eigenvalue weighted by molar-refractivity contribution is 0.0423. The van der Waals surface area contributed by atoms with Gasteiger partial charge in [-0.2, -0.15) is 0 Å². The highest BCUT2D eigenvalue weighted by molar-refractivity contribution is 5.83. The van der Waals surface area contributed by atoms with Crippen molar-refractivity contribution in [3.05, 3.63) is 94.9 Å². The van der Waals surface area contributed by atoms with Crippen molar-refractivity contribution < 1.29 is 18.6 Å². The van der Waals surface area contributed by atoms with Gasteiger partial charge in [-0.3, -0.25) is 4.90 Å². The Morgan fingerprint density at radius 3 is 2.69 bits per heavy atom. The van der Waals surface area contributed by atoms with Crippen molar-refractivity contribution in [1.29, 1.82) is 0 Å². The van der Waals surface area contributed by atoms with Crippen LogP contribution < -0.4 is 9.47 Å². The van der Waals surface area contributed by atoms with Gasteiger partial charge in [-0.25, -0.2) is 4.39 Å². The lowest BCUT2D eigenvalue weighted by atomic mass is 9.87. The van der Waals surface area contributed by atoms with Crippen LogP contribution in [0.25, 0.3) is 10.9 Å². The molecule has 5 nitrogen and oxygen atoms in total. The van der Waals surface area contributed by atoms with Gasteiger partial charge >= 0.3 is 0 Å². The molecule has 39 heavy (non-hydrogen) atoms. The van der Waals surface area contributed by atoms with Crippen LogP contribution in [0.3, 0.4) is 0 Å². The molecule has 6 rings (SSSR count). The summed E-state index contributed by atoms with van der Waals surface area (Å²) >= 11 is 0. The number of hydrogen-bond acceptors (Lipinski definition) is 4. The number of aromatic amines is 1. The van der Waals surface area contributed by atoms with Gasteiger partial charge in [0.05, 0.1) is 7.11 Å². The Morgan fingerprint density at radius 1 is 1.03 bits per heavy atom. The first-order valence-electron chi connectivity index (χ1n) is 14.1. The summed E-state index contributed by atoms with van der Waals surface area (Å²) in [6.07, 6.45) is 7.08. The molecule has 0 bridgehead atoms. The van der Waals surface area contributed by atoms with E-state index < -0.39 is 0 Å². The van der Waals surface area contributed by atoms with Crippen molar-refractivity contribution in [1.82, 2.24) is 9.88 Å². The third-order valence-corrected chi connectivity index (χ3v) is 8.38. The summed E-state index contributed by atoms with van der Waals surface area (Å²) in [6.45, 7) is 4.31. The fourth-order valence-electron chi connectivity index (χ4n) is 6.24. The molecule has 1 saturated heterocycles. The summed E-state index contributed by atoms with van der Waals surface area (Å²) in [4.78, 5) is 5.99. The second-order valence-corrected chi connectivity index (χ2v) is 10.8. The lowest BCUT2D eigenvalue weighted by Crippen LogP contribution is -2.40. The third kappa shape index (κ3) is 5.82. The fourth-order valence-corrected chi connectivity index (χ4v) is 6.24. The molecule has 0 saturated carbocycles. The van der Waals surface area contributed by atoms with E-state index in [2.05, 4.69) is 34.1 Å². The Bertz CT molecular complexity index is 1400. The zero-order valence-corrected chi connectivity index (χ0v) is 22.6. The number of methoxy groups -OCH3 is 1. The fraction of sp³-hybridized carbons (Fsp3) is 0.394. The predicted molar refractivity (Wildman–Crippen MR) is 152 cm³/mol. The molecule has 0 radical (unpaired) electrons. The highest BCUT2D eigenvalue weighted by Crippen LogP contribution is 2.41. The van der Waals surface area contributed by atoms with Gasteiger partial charge in [-0.05, 0) is 90.6 Å². The van der Waals surface area contributed by atoms with Crippen LogP contribution in [0.4, 0.5) is 4.39 Å². The van der Waals surface area contributed by atoms with E-state index >= 15 is 0 Å². The number of H-pyrrole nitrogens is 1. The Kier molecular flexibility index (Phi) is 7.84. The van der Waals surface area contributed by atoms with Gasteiger partial charge in [-0.15, -0.1) is 0 Å². The average Bonchev–Trinajstić information content (AvgIpc) is 3.38. The summed E-state index contributed by atoms with van der Waals surface area (Å²) in [6, 6.07) is 19.9. The molecule has 1 atom stereocenters. The summed E-state index contributed by atoms with van der Waals surface area (Å²) in [5.74, 6) is 2.03. The average molecular weight is 529 g/mol. The summed E-state index contributed by atoms with van der Waals surface area (Å²) in [5.41, 5.74) is 5.93. The number of aromatic nitrogens is 1. The molecule has 0 spiro atoms. The number of aryl methyl sites for hydroxylation is 1. The number of nitrogens with one attached hydrogen (secondary N) is 1. The molecule has 6 heteroatoms. The van der Waals surface area contributed by atoms with Gasteiger partial charge in [0.2, 0.25) is 0 Å². The predicted octanol–water partition coefficient (Wildman–Crippen LogP) is 6.85. The van der Waals surface area contributed by atoms with Crippen LogP contribution in [0, 0.1) is 11.7 Å². The van der Waals surface area contributed by atoms with E-state index in [9.17, 15) is 4.39 Å². The Morgan fingerprint density at radius 2 is 1.87 bits per heavy atom. The second-order valence-electron chi connectivity index (χ2n) is 10.8. The SMILES string of the molecule is COc1cc2c(cc1OCc1ccccc1)CCN(CC1CCOCC1)C2CCc1c[nH]c2ccc(F)cc12. The molecular formula is C33H37FN2O3. The number of fused-ring (bicyclic) bond motifs is 2. The maximum Gasteiger partial charge on any atom is 0.161 e. The minimum absolute atomic E-state index is 0.194. The number of rotatable bonds is 9. The van der Waals surface area contributed by atoms with Gasteiger partial charge in [-0.1, -0.05) is 30.3 Å². The largest absolute Gasteiger partial charge is 0.493 e. The molecular weight excluding hydrogens is 491 g/mol. The molecule has 4 aromatic rings. The van der Waals surface area contributed by atoms with Crippen molar-refractivity contribution in [2.45, 2.75) is 44.8 Å². The molecule has 3 heterocycles. The molecule has 2 aliphatic rings. The summed E-state index contributed by atoms with van der Waals surface area (Å²) in [7, 11) is 1.72. The van der Waals surface area contributed by atoms with Crippen LogP contribution in [0.15, 0.2) is 66.9 Å². The van der Waals surface area contributed by atoms with E-state index in [1.807, 2.05) is 30.5 Å². The van der Waals surface area contributed by atoms with E-state index in [0.29, 0.717) is 12.5 Å². The Balaban J connectivity index is 1.28. The maximum absolute atomic E-state index is 14.0. The van der Waals surface area contributed by atoms with Gasteiger partial charge in [0, 0.05) is 49.4 Å². The standard InChI is InChI=1S/C33H37FN2O3/c1-37-32-19-29-25(17-33(32)39-22-24-5-3-2-4-6-24)11-14-36(21-23-12-15-38-16-13-23)31(29)10-7-26-20-35-30-9-8-27(34)18-28(26)30/h2-6,8-9,17-20,23,31,35H,7,10-16,21-22H2,1H3. The normalized spacial score (nSPS) is 18.3. The summed E-state index contributed by atoms with van der Waals surface area (Å²) < 4.78 is 31.8. The van der Waals surface area contributed by atoms with E-state index in [-0.39, 0.29) is 11.9 Å². The number of ether oxygens (including phenoxy) is 3. The highest BCUT2D eigenvalue weighted by Gasteiger charge is 2.31. The van der Waals surface area contributed by atoms with Gasteiger partial charge in [0.15, 0.2) is 11.5 Å².